The van der Waals surface area contributed by atoms with Gasteiger partial charge in [-0.2, -0.15) is 0 Å². The molecule has 0 N–H and O–H groups in total. The van der Waals surface area contributed by atoms with E-state index in [-0.39, 0.29) is 0 Å². The molecule has 5 rings (SSSR count). The van der Waals surface area contributed by atoms with Crippen LogP contribution >= 0.6 is 0 Å². The lowest BCUT2D eigenvalue weighted by molar-refractivity contribution is 0.0207. The topological polar surface area (TPSA) is 71.8 Å². The number of carbonyl (C=O) groups excluding carboxylic acids is 1. The molecule has 1 fully saturated rings. The summed E-state index contributed by atoms with van der Waals surface area (Å²) in [6.45, 7) is 6.13. The molecule has 7 heteroatoms. The van der Waals surface area contributed by atoms with Crippen LogP contribution in [-0.4, -0.2) is 35.5 Å². The first-order valence-corrected chi connectivity index (χ1v) is 13.9. The Morgan fingerprint density at radius 2 is 1.60 bits per heavy atom. The fourth-order valence-electron chi connectivity index (χ4n) is 5.43. The highest BCUT2D eigenvalue weighted by Gasteiger charge is 2.22. The number of para-hydroxylation sites is 1. The number of benzene rings is 3. The van der Waals surface area contributed by atoms with Crippen LogP contribution in [0.1, 0.15) is 57.8 Å². The van der Waals surface area contributed by atoms with E-state index in [1.807, 2.05) is 51.1 Å². The number of imidazole rings is 1. The summed E-state index contributed by atoms with van der Waals surface area (Å²) < 4.78 is 24.4. The van der Waals surface area contributed by atoms with Crippen molar-refractivity contribution in [2.45, 2.75) is 65.0 Å². The van der Waals surface area contributed by atoms with Gasteiger partial charge in [0.05, 0.1) is 25.3 Å². The molecule has 210 valence electrons. The SMILES string of the molecule is COc1cc2nc(CC3CCCC3)n(Cc3ccc(-c4ccccc4OC(=O)OC(C)(C)C)cc3)c2cc1OC. The average molecular weight is 543 g/mol. The van der Waals surface area contributed by atoms with Crippen LogP contribution < -0.4 is 14.2 Å². The zero-order valence-electron chi connectivity index (χ0n) is 24.0. The van der Waals surface area contributed by atoms with Crippen LogP contribution in [0.5, 0.6) is 17.2 Å². The van der Waals surface area contributed by atoms with Crippen molar-refractivity contribution in [3.8, 4) is 28.4 Å². The van der Waals surface area contributed by atoms with Crippen molar-refractivity contribution in [3.63, 3.8) is 0 Å². The molecule has 3 aromatic carbocycles. The third-order valence-corrected chi connectivity index (χ3v) is 7.35. The van der Waals surface area contributed by atoms with E-state index < -0.39 is 11.8 Å². The fraction of sp³-hybridized carbons (Fsp3) is 0.394. The summed E-state index contributed by atoms with van der Waals surface area (Å²) in [5.41, 5.74) is 4.25. The van der Waals surface area contributed by atoms with Gasteiger partial charge in [0.15, 0.2) is 11.5 Å². The number of fused-ring (bicyclic) bond motifs is 1. The second-order valence-corrected chi connectivity index (χ2v) is 11.4. The van der Waals surface area contributed by atoms with Crippen molar-refractivity contribution < 1.29 is 23.7 Å². The quantitative estimate of drug-likeness (QED) is 0.167. The molecular formula is C33H38N2O5. The Morgan fingerprint density at radius 1 is 0.925 bits per heavy atom. The number of aromatic nitrogens is 2. The van der Waals surface area contributed by atoms with E-state index in [4.69, 9.17) is 23.9 Å². The Kier molecular flexibility index (Phi) is 8.01. The zero-order chi connectivity index (χ0) is 28.3. The van der Waals surface area contributed by atoms with Gasteiger partial charge in [0, 0.05) is 30.7 Å². The van der Waals surface area contributed by atoms with Crippen molar-refractivity contribution >= 4 is 17.2 Å². The fourth-order valence-corrected chi connectivity index (χ4v) is 5.43. The van der Waals surface area contributed by atoms with Crippen molar-refractivity contribution in [3.05, 3.63) is 72.1 Å². The highest BCUT2D eigenvalue weighted by Crippen LogP contribution is 2.35. The maximum absolute atomic E-state index is 12.3. The van der Waals surface area contributed by atoms with Crippen molar-refractivity contribution in [1.29, 1.82) is 0 Å². The van der Waals surface area contributed by atoms with E-state index in [2.05, 4.69) is 28.8 Å². The minimum atomic E-state index is -0.717. The van der Waals surface area contributed by atoms with Gasteiger partial charge in [0.2, 0.25) is 0 Å². The van der Waals surface area contributed by atoms with Crippen LogP contribution in [0.2, 0.25) is 0 Å². The van der Waals surface area contributed by atoms with Crippen LogP contribution in [-0.2, 0) is 17.7 Å². The van der Waals surface area contributed by atoms with Gasteiger partial charge in [0.1, 0.15) is 17.2 Å². The molecule has 4 aromatic rings. The summed E-state index contributed by atoms with van der Waals surface area (Å²) in [5, 5.41) is 0. The molecule has 0 spiro atoms. The molecule has 0 saturated heterocycles. The monoisotopic (exact) mass is 542 g/mol. The minimum Gasteiger partial charge on any atom is -0.493 e. The molecule has 1 saturated carbocycles. The molecule has 40 heavy (non-hydrogen) atoms. The summed E-state index contributed by atoms with van der Waals surface area (Å²) in [7, 11) is 3.31. The predicted octanol–water partition coefficient (Wildman–Crippen LogP) is 7.82. The number of hydrogen-bond donors (Lipinski definition) is 0. The largest absolute Gasteiger partial charge is 0.514 e. The number of methoxy groups -OCH3 is 2. The highest BCUT2D eigenvalue weighted by molar-refractivity contribution is 5.81. The van der Waals surface area contributed by atoms with Crippen LogP contribution in [0.4, 0.5) is 4.79 Å². The molecule has 0 unspecified atom stereocenters. The van der Waals surface area contributed by atoms with Crippen molar-refractivity contribution in [2.75, 3.05) is 14.2 Å². The highest BCUT2D eigenvalue weighted by atomic mass is 16.7. The van der Waals surface area contributed by atoms with Crippen LogP contribution in [0, 0.1) is 5.92 Å². The van der Waals surface area contributed by atoms with E-state index in [0.29, 0.717) is 29.7 Å². The Bertz CT molecular complexity index is 1480. The van der Waals surface area contributed by atoms with Gasteiger partial charge in [-0.3, -0.25) is 0 Å². The lowest BCUT2D eigenvalue weighted by Gasteiger charge is -2.19. The molecule has 0 aliphatic heterocycles. The summed E-state index contributed by atoms with van der Waals surface area (Å²) in [6, 6.07) is 19.8. The van der Waals surface area contributed by atoms with Gasteiger partial charge in [-0.25, -0.2) is 9.78 Å². The molecule has 0 radical (unpaired) electrons. The Labute approximate surface area is 236 Å². The molecule has 1 aromatic heterocycles. The van der Waals surface area contributed by atoms with E-state index >= 15 is 0 Å². The second-order valence-electron chi connectivity index (χ2n) is 11.4. The van der Waals surface area contributed by atoms with Gasteiger partial charge in [-0.15, -0.1) is 0 Å². The smallest absolute Gasteiger partial charge is 0.493 e. The minimum absolute atomic E-state index is 0.463. The summed E-state index contributed by atoms with van der Waals surface area (Å²) in [5.74, 6) is 3.61. The van der Waals surface area contributed by atoms with Gasteiger partial charge >= 0.3 is 6.16 Å². The third kappa shape index (κ3) is 6.24. The maximum Gasteiger partial charge on any atom is 0.514 e. The molecule has 7 nitrogen and oxygen atoms in total. The predicted molar refractivity (Wildman–Crippen MR) is 156 cm³/mol. The first kappa shape index (κ1) is 27.6. The Morgan fingerprint density at radius 3 is 2.27 bits per heavy atom. The van der Waals surface area contributed by atoms with E-state index in [1.165, 1.54) is 25.7 Å². The molecule has 1 heterocycles. The first-order chi connectivity index (χ1) is 19.2. The standard InChI is InChI=1S/C33H38N2O5/c1-33(2,3)40-32(36)39-28-13-9-8-12-25(28)24-16-14-23(15-17-24)21-35-27-20-30(38-5)29(37-4)19-26(27)34-31(35)18-22-10-6-7-11-22/h8-9,12-17,19-20,22H,6-7,10-11,18,21H2,1-5H3. The second kappa shape index (κ2) is 11.6. The number of rotatable bonds is 8. The summed E-state index contributed by atoms with van der Waals surface area (Å²) in [6.07, 6.45) is 5.36. The van der Waals surface area contributed by atoms with Crippen LogP contribution in [0.15, 0.2) is 60.7 Å². The number of hydrogen-bond acceptors (Lipinski definition) is 6. The first-order valence-electron chi connectivity index (χ1n) is 13.9. The molecule has 0 atom stereocenters. The van der Waals surface area contributed by atoms with Crippen molar-refractivity contribution in [2.24, 2.45) is 5.92 Å². The van der Waals surface area contributed by atoms with E-state index in [9.17, 15) is 4.79 Å². The summed E-state index contributed by atoms with van der Waals surface area (Å²) in [4.78, 5) is 17.4. The third-order valence-electron chi connectivity index (χ3n) is 7.35. The van der Waals surface area contributed by atoms with Gasteiger partial charge in [-0.05, 0) is 43.9 Å². The van der Waals surface area contributed by atoms with Gasteiger partial charge in [0.25, 0.3) is 0 Å². The number of ether oxygens (including phenoxy) is 4. The molecule has 0 amide bonds. The number of carbonyl (C=O) groups is 1. The van der Waals surface area contributed by atoms with Crippen LogP contribution in [0.3, 0.4) is 0 Å². The molecular weight excluding hydrogens is 504 g/mol. The lowest BCUT2D eigenvalue weighted by Crippen LogP contribution is -2.26. The van der Waals surface area contributed by atoms with Gasteiger partial charge in [-0.1, -0.05) is 68.1 Å². The Hall–Kier alpha value is -4.00. The molecule has 1 aliphatic carbocycles. The molecule has 1 aliphatic rings. The van der Waals surface area contributed by atoms with Gasteiger partial charge < -0.3 is 23.5 Å². The van der Waals surface area contributed by atoms with Crippen molar-refractivity contribution in [1.82, 2.24) is 9.55 Å². The van der Waals surface area contributed by atoms with E-state index in [0.717, 1.165) is 40.0 Å². The summed E-state index contributed by atoms with van der Waals surface area (Å²) >= 11 is 0. The zero-order valence-corrected chi connectivity index (χ0v) is 24.0. The van der Waals surface area contributed by atoms with E-state index in [1.54, 1.807) is 20.3 Å². The molecule has 0 bridgehead atoms. The normalized spacial score (nSPS) is 13.9. The maximum atomic E-state index is 12.3. The number of nitrogens with zero attached hydrogens (tertiary/aromatic N) is 2. The van der Waals surface area contributed by atoms with Crippen LogP contribution in [0.25, 0.3) is 22.2 Å². The average Bonchev–Trinajstić information content (AvgIpc) is 3.55. The Balaban J connectivity index is 1.43. The lowest BCUT2D eigenvalue weighted by atomic mass is 10.0.